The second-order valence-corrected chi connectivity index (χ2v) is 5.50. The Hall–Kier alpha value is -1.30. The summed E-state index contributed by atoms with van der Waals surface area (Å²) in [5.41, 5.74) is 0. The number of rotatable bonds is 3. The number of carbonyl (C=O) groups is 2. The molecule has 4 nitrogen and oxygen atoms in total. The number of halogens is 2. The quantitative estimate of drug-likeness (QED) is 0.885. The summed E-state index contributed by atoms with van der Waals surface area (Å²) in [7, 11) is 1.46. The smallest absolute Gasteiger partial charge is 0.350 e. The second-order valence-electron chi connectivity index (χ2n) is 3.63. The van der Waals surface area contributed by atoms with E-state index in [1.807, 2.05) is 0 Å². The van der Waals surface area contributed by atoms with Gasteiger partial charge in [0.1, 0.15) is 4.88 Å². The predicted molar refractivity (Wildman–Crippen MR) is 76.2 cm³/mol. The van der Waals surface area contributed by atoms with Crippen LogP contribution in [0.4, 0.5) is 0 Å². The number of nitrogens with one attached hydrogen (secondary N) is 1. The van der Waals surface area contributed by atoms with Crippen molar-refractivity contribution < 1.29 is 14.3 Å². The lowest BCUT2D eigenvalue weighted by molar-refractivity contribution is -0.123. The van der Waals surface area contributed by atoms with Gasteiger partial charge in [0.05, 0.1) is 5.02 Å². The van der Waals surface area contributed by atoms with Crippen LogP contribution in [0.1, 0.15) is 9.67 Å². The SMILES string of the molecule is CNC(=O)COC(=O)c1sc2cc(Cl)ccc2c1Cl. The summed E-state index contributed by atoms with van der Waals surface area (Å²) in [6, 6.07) is 5.16. The van der Waals surface area contributed by atoms with E-state index in [4.69, 9.17) is 27.9 Å². The molecule has 0 saturated heterocycles. The minimum absolute atomic E-state index is 0.267. The molecule has 0 spiro atoms. The number of carbonyl (C=O) groups excluding carboxylic acids is 2. The van der Waals surface area contributed by atoms with Crippen LogP contribution < -0.4 is 5.32 Å². The van der Waals surface area contributed by atoms with Crippen molar-refractivity contribution in [3.63, 3.8) is 0 Å². The van der Waals surface area contributed by atoms with Crippen molar-refractivity contribution in [2.24, 2.45) is 0 Å². The number of ether oxygens (including phenoxy) is 1. The summed E-state index contributed by atoms with van der Waals surface area (Å²) in [4.78, 5) is 23.1. The van der Waals surface area contributed by atoms with Crippen LogP contribution >= 0.6 is 34.5 Å². The second kappa shape index (κ2) is 5.77. The van der Waals surface area contributed by atoms with Crippen molar-refractivity contribution in [1.82, 2.24) is 5.32 Å². The van der Waals surface area contributed by atoms with Gasteiger partial charge in [0, 0.05) is 22.2 Å². The van der Waals surface area contributed by atoms with Crippen molar-refractivity contribution in [1.29, 1.82) is 0 Å². The Morgan fingerprint density at radius 1 is 1.37 bits per heavy atom. The standard InChI is InChI=1S/C12H9Cl2NO3S/c1-15-9(16)5-18-12(17)11-10(14)7-3-2-6(13)4-8(7)19-11/h2-4H,5H2,1H3,(H,15,16). The number of likely N-dealkylation sites (N-methyl/N-ethyl adjacent to an activating group) is 1. The van der Waals surface area contributed by atoms with Crippen molar-refractivity contribution in [3.05, 3.63) is 33.1 Å². The molecule has 0 bridgehead atoms. The number of fused-ring (bicyclic) bond motifs is 1. The number of esters is 1. The maximum absolute atomic E-state index is 11.8. The molecule has 0 saturated carbocycles. The number of amides is 1. The van der Waals surface area contributed by atoms with E-state index in [1.165, 1.54) is 18.4 Å². The molecule has 0 radical (unpaired) electrons. The zero-order valence-corrected chi connectivity index (χ0v) is 12.2. The van der Waals surface area contributed by atoms with Crippen molar-refractivity contribution >= 4 is 56.5 Å². The minimum Gasteiger partial charge on any atom is -0.451 e. The van der Waals surface area contributed by atoms with Crippen LogP contribution in [0.25, 0.3) is 10.1 Å². The molecule has 1 aromatic heterocycles. The fourth-order valence-corrected chi connectivity index (χ4v) is 3.12. The van der Waals surface area contributed by atoms with E-state index >= 15 is 0 Å². The summed E-state index contributed by atoms with van der Waals surface area (Å²) < 4.78 is 5.66. The summed E-state index contributed by atoms with van der Waals surface area (Å²) >= 11 is 13.2. The maximum Gasteiger partial charge on any atom is 0.350 e. The highest BCUT2D eigenvalue weighted by Crippen LogP contribution is 2.36. The highest BCUT2D eigenvalue weighted by molar-refractivity contribution is 7.21. The zero-order chi connectivity index (χ0) is 14.0. The Morgan fingerprint density at radius 2 is 2.11 bits per heavy atom. The Morgan fingerprint density at radius 3 is 2.79 bits per heavy atom. The molecule has 0 aliphatic carbocycles. The van der Waals surface area contributed by atoms with Gasteiger partial charge in [-0.3, -0.25) is 4.79 Å². The van der Waals surface area contributed by atoms with Crippen LogP contribution in [0.5, 0.6) is 0 Å². The molecular weight excluding hydrogens is 309 g/mol. The topological polar surface area (TPSA) is 55.4 Å². The summed E-state index contributed by atoms with van der Waals surface area (Å²) in [6.45, 7) is -0.333. The fourth-order valence-electron chi connectivity index (χ4n) is 1.44. The van der Waals surface area contributed by atoms with E-state index < -0.39 is 5.97 Å². The third-order valence-corrected chi connectivity index (χ3v) is 4.26. The van der Waals surface area contributed by atoms with Crippen LogP contribution in [0, 0.1) is 0 Å². The Kier molecular flexibility index (Phi) is 4.29. The summed E-state index contributed by atoms with van der Waals surface area (Å²) in [5, 5.41) is 3.98. The molecule has 1 amide bonds. The molecule has 2 aromatic rings. The maximum atomic E-state index is 11.8. The predicted octanol–water partition coefficient (Wildman–Crippen LogP) is 3.11. The molecule has 0 atom stereocenters. The molecule has 1 N–H and O–H groups in total. The largest absolute Gasteiger partial charge is 0.451 e. The van der Waals surface area contributed by atoms with Gasteiger partial charge in [0.15, 0.2) is 6.61 Å². The molecule has 0 aliphatic heterocycles. The first-order valence-corrected chi connectivity index (χ1v) is 6.85. The van der Waals surface area contributed by atoms with Gasteiger partial charge in [-0.2, -0.15) is 0 Å². The number of hydrogen-bond donors (Lipinski definition) is 1. The van der Waals surface area contributed by atoms with Crippen LogP contribution in [0.15, 0.2) is 18.2 Å². The van der Waals surface area contributed by atoms with E-state index in [2.05, 4.69) is 5.32 Å². The summed E-state index contributed by atoms with van der Waals surface area (Å²) in [6.07, 6.45) is 0. The van der Waals surface area contributed by atoms with E-state index in [9.17, 15) is 9.59 Å². The normalized spacial score (nSPS) is 10.5. The molecule has 0 unspecified atom stereocenters. The summed E-state index contributed by atoms with van der Waals surface area (Å²) in [5.74, 6) is -1.00. The van der Waals surface area contributed by atoms with Crippen molar-refractivity contribution in [2.45, 2.75) is 0 Å². The van der Waals surface area contributed by atoms with Gasteiger partial charge in [-0.05, 0) is 12.1 Å². The average Bonchev–Trinajstić information content (AvgIpc) is 2.72. The molecule has 7 heteroatoms. The lowest BCUT2D eigenvalue weighted by Gasteiger charge is -2.01. The molecule has 19 heavy (non-hydrogen) atoms. The first-order valence-electron chi connectivity index (χ1n) is 5.28. The average molecular weight is 318 g/mol. The highest BCUT2D eigenvalue weighted by atomic mass is 35.5. The Labute approximate surface area is 123 Å². The van der Waals surface area contributed by atoms with Crippen molar-refractivity contribution in [3.8, 4) is 0 Å². The molecular formula is C12H9Cl2NO3S. The number of benzene rings is 1. The molecule has 1 aromatic carbocycles. The number of hydrogen-bond acceptors (Lipinski definition) is 4. The zero-order valence-electron chi connectivity index (χ0n) is 9.83. The van der Waals surface area contributed by atoms with Gasteiger partial charge >= 0.3 is 5.97 Å². The molecule has 100 valence electrons. The monoisotopic (exact) mass is 317 g/mol. The lowest BCUT2D eigenvalue weighted by Crippen LogP contribution is -2.24. The van der Waals surface area contributed by atoms with Crippen LogP contribution in [-0.2, 0) is 9.53 Å². The van der Waals surface area contributed by atoms with E-state index in [1.54, 1.807) is 18.2 Å². The lowest BCUT2D eigenvalue weighted by atomic mass is 10.2. The van der Waals surface area contributed by atoms with Gasteiger partial charge in [-0.25, -0.2) is 4.79 Å². The minimum atomic E-state index is -0.620. The Bertz CT molecular complexity index is 654. The fraction of sp³-hybridized carbons (Fsp3) is 0.167. The highest BCUT2D eigenvalue weighted by Gasteiger charge is 2.19. The third kappa shape index (κ3) is 3.00. The molecule has 1 heterocycles. The van der Waals surface area contributed by atoms with Crippen LogP contribution in [-0.4, -0.2) is 25.5 Å². The van der Waals surface area contributed by atoms with E-state index in [0.29, 0.717) is 10.0 Å². The van der Waals surface area contributed by atoms with E-state index in [-0.39, 0.29) is 17.4 Å². The molecule has 2 rings (SSSR count). The van der Waals surface area contributed by atoms with Gasteiger partial charge in [0.25, 0.3) is 5.91 Å². The van der Waals surface area contributed by atoms with Crippen LogP contribution in [0.3, 0.4) is 0 Å². The van der Waals surface area contributed by atoms with Crippen molar-refractivity contribution in [2.75, 3.05) is 13.7 Å². The van der Waals surface area contributed by atoms with Crippen LogP contribution in [0.2, 0.25) is 10.0 Å². The third-order valence-electron chi connectivity index (χ3n) is 2.39. The van der Waals surface area contributed by atoms with Gasteiger partial charge < -0.3 is 10.1 Å². The van der Waals surface area contributed by atoms with Gasteiger partial charge in [0.2, 0.25) is 0 Å². The molecule has 0 aliphatic rings. The van der Waals surface area contributed by atoms with E-state index in [0.717, 1.165) is 10.1 Å². The van der Waals surface area contributed by atoms with Gasteiger partial charge in [-0.1, -0.05) is 29.3 Å². The molecule has 0 fully saturated rings. The number of thiophene rings is 1. The first-order chi connectivity index (χ1) is 9.02. The Balaban J connectivity index is 2.27. The van der Waals surface area contributed by atoms with Gasteiger partial charge in [-0.15, -0.1) is 11.3 Å². The first kappa shape index (κ1) is 14.1.